The normalized spacial score (nSPS) is 12.2. The van der Waals surface area contributed by atoms with Gasteiger partial charge in [-0.25, -0.2) is 9.48 Å². The summed E-state index contributed by atoms with van der Waals surface area (Å²) in [5.74, 6) is -1.41. The van der Waals surface area contributed by atoms with Crippen molar-refractivity contribution in [2.45, 2.75) is 33.4 Å². The van der Waals surface area contributed by atoms with Gasteiger partial charge in [0.05, 0.1) is 16.7 Å². The molecule has 8 nitrogen and oxygen atoms in total. The standard InChI is InChI=1S/C14H18BrN5O3/c1-8-12(15)9(2)19(18-8)7-6-16-13(21)10(3)20-11(14(22)23)4-5-17-20/h4-5,10H,6-7H2,1-3H3,(H,16,21)(H,22,23). The number of amides is 1. The number of aromatic nitrogens is 4. The van der Waals surface area contributed by atoms with Crippen molar-refractivity contribution in [3.05, 3.63) is 33.8 Å². The first kappa shape index (κ1) is 17.2. The lowest BCUT2D eigenvalue weighted by Gasteiger charge is -2.14. The molecular weight excluding hydrogens is 366 g/mol. The molecule has 2 aromatic rings. The Labute approximate surface area is 141 Å². The summed E-state index contributed by atoms with van der Waals surface area (Å²) >= 11 is 3.45. The predicted octanol–water partition coefficient (Wildman–Crippen LogP) is 1.53. The smallest absolute Gasteiger partial charge is 0.354 e. The molecule has 0 radical (unpaired) electrons. The highest BCUT2D eigenvalue weighted by molar-refractivity contribution is 9.10. The Bertz CT molecular complexity index is 737. The summed E-state index contributed by atoms with van der Waals surface area (Å²) in [5, 5.41) is 20.1. The largest absolute Gasteiger partial charge is 0.477 e. The first-order valence-corrected chi connectivity index (χ1v) is 7.86. The van der Waals surface area contributed by atoms with E-state index in [-0.39, 0.29) is 11.6 Å². The van der Waals surface area contributed by atoms with Gasteiger partial charge in [0, 0.05) is 18.4 Å². The maximum absolute atomic E-state index is 12.2. The third-order valence-electron chi connectivity index (χ3n) is 3.55. The fraction of sp³-hybridized carbons (Fsp3) is 0.429. The minimum atomic E-state index is -1.12. The molecule has 1 atom stereocenters. The quantitative estimate of drug-likeness (QED) is 0.787. The minimum absolute atomic E-state index is 0.0184. The van der Waals surface area contributed by atoms with Crippen molar-refractivity contribution >= 4 is 27.8 Å². The molecule has 0 aliphatic rings. The molecule has 9 heteroatoms. The van der Waals surface area contributed by atoms with Gasteiger partial charge in [0.2, 0.25) is 5.91 Å². The van der Waals surface area contributed by atoms with E-state index in [2.05, 4.69) is 31.4 Å². The number of aryl methyl sites for hydroxylation is 1. The van der Waals surface area contributed by atoms with Gasteiger partial charge in [0.25, 0.3) is 0 Å². The summed E-state index contributed by atoms with van der Waals surface area (Å²) in [7, 11) is 0. The van der Waals surface area contributed by atoms with Gasteiger partial charge >= 0.3 is 5.97 Å². The van der Waals surface area contributed by atoms with E-state index in [9.17, 15) is 9.59 Å². The Morgan fingerprint density at radius 3 is 2.70 bits per heavy atom. The van der Waals surface area contributed by atoms with Gasteiger partial charge in [0.1, 0.15) is 11.7 Å². The number of carboxylic acids is 1. The van der Waals surface area contributed by atoms with Gasteiger partial charge in [-0.1, -0.05) is 0 Å². The van der Waals surface area contributed by atoms with Crippen LogP contribution in [0.5, 0.6) is 0 Å². The summed E-state index contributed by atoms with van der Waals surface area (Å²) < 4.78 is 3.96. The topological polar surface area (TPSA) is 102 Å². The molecule has 1 amide bonds. The van der Waals surface area contributed by atoms with Crippen molar-refractivity contribution in [2.75, 3.05) is 6.54 Å². The van der Waals surface area contributed by atoms with Gasteiger partial charge in [-0.2, -0.15) is 10.2 Å². The molecule has 23 heavy (non-hydrogen) atoms. The van der Waals surface area contributed by atoms with Crippen LogP contribution >= 0.6 is 15.9 Å². The first-order valence-electron chi connectivity index (χ1n) is 7.07. The number of halogens is 1. The van der Waals surface area contributed by atoms with Crippen molar-refractivity contribution in [1.29, 1.82) is 0 Å². The van der Waals surface area contributed by atoms with E-state index in [1.165, 1.54) is 16.9 Å². The molecule has 2 N–H and O–H groups in total. The van der Waals surface area contributed by atoms with Gasteiger partial charge in [0.15, 0.2) is 0 Å². The van der Waals surface area contributed by atoms with Crippen molar-refractivity contribution < 1.29 is 14.7 Å². The van der Waals surface area contributed by atoms with Crippen LogP contribution in [0.25, 0.3) is 0 Å². The van der Waals surface area contributed by atoms with Crippen LogP contribution in [0.15, 0.2) is 16.7 Å². The van der Waals surface area contributed by atoms with E-state index in [4.69, 9.17) is 5.11 Å². The first-order chi connectivity index (χ1) is 10.8. The Morgan fingerprint density at radius 2 is 2.13 bits per heavy atom. The molecule has 0 saturated heterocycles. The molecule has 2 aromatic heterocycles. The number of hydrogen-bond acceptors (Lipinski definition) is 4. The lowest BCUT2D eigenvalue weighted by Crippen LogP contribution is -2.34. The van der Waals surface area contributed by atoms with Crippen molar-refractivity contribution in [3.63, 3.8) is 0 Å². The van der Waals surface area contributed by atoms with E-state index < -0.39 is 12.0 Å². The molecule has 2 rings (SSSR count). The average molecular weight is 384 g/mol. The molecule has 0 saturated carbocycles. The molecule has 1 unspecified atom stereocenters. The number of hydrogen-bond donors (Lipinski definition) is 2. The Hall–Kier alpha value is -2.16. The van der Waals surface area contributed by atoms with Crippen LogP contribution in [0.1, 0.15) is 34.8 Å². The van der Waals surface area contributed by atoms with Gasteiger partial charge in [-0.15, -0.1) is 0 Å². The lowest BCUT2D eigenvalue weighted by molar-refractivity contribution is -0.124. The zero-order valence-corrected chi connectivity index (χ0v) is 14.7. The summed E-state index contributed by atoms with van der Waals surface area (Å²) in [6, 6.07) is 0.655. The second-order valence-corrected chi connectivity index (χ2v) is 5.93. The molecule has 0 aromatic carbocycles. The molecule has 0 fully saturated rings. The second-order valence-electron chi connectivity index (χ2n) is 5.14. The highest BCUT2D eigenvalue weighted by Gasteiger charge is 2.21. The lowest BCUT2D eigenvalue weighted by atomic mass is 10.3. The molecule has 124 valence electrons. The van der Waals surface area contributed by atoms with E-state index in [0.717, 1.165) is 15.9 Å². The number of rotatable bonds is 6. The third-order valence-corrected chi connectivity index (χ3v) is 4.70. The fourth-order valence-corrected chi connectivity index (χ4v) is 2.51. The third kappa shape index (κ3) is 3.61. The number of carbonyl (C=O) groups excluding carboxylic acids is 1. The number of carboxylic acid groups (broad SMARTS) is 1. The number of nitrogens with zero attached hydrogens (tertiary/aromatic N) is 4. The van der Waals surface area contributed by atoms with E-state index in [1.807, 2.05) is 13.8 Å². The maximum Gasteiger partial charge on any atom is 0.354 e. The zero-order chi connectivity index (χ0) is 17.1. The van der Waals surface area contributed by atoms with Crippen LogP contribution in [0.2, 0.25) is 0 Å². The van der Waals surface area contributed by atoms with Crippen LogP contribution in [-0.4, -0.2) is 43.1 Å². The molecular formula is C14H18BrN5O3. The molecule has 0 aliphatic heterocycles. The van der Waals surface area contributed by atoms with Crippen LogP contribution in [0.3, 0.4) is 0 Å². The fourth-order valence-electron chi connectivity index (χ4n) is 2.23. The Morgan fingerprint density at radius 1 is 1.43 bits per heavy atom. The van der Waals surface area contributed by atoms with Gasteiger partial charge in [-0.3, -0.25) is 9.48 Å². The molecule has 0 spiro atoms. The van der Waals surface area contributed by atoms with E-state index >= 15 is 0 Å². The number of nitrogens with one attached hydrogen (secondary N) is 1. The van der Waals surface area contributed by atoms with E-state index in [1.54, 1.807) is 11.6 Å². The number of carbonyl (C=O) groups is 2. The van der Waals surface area contributed by atoms with Crippen LogP contribution < -0.4 is 5.32 Å². The SMILES string of the molecule is Cc1nn(CCNC(=O)C(C)n2nccc2C(=O)O)c(C)c1Br. The summed E-state index contributed by atoms with van der Waals surface area (Å²) in [6.45, 7) is 6.37. The van der Waals surface area contributed by atoms with Crippen molar-refractivity contribution in [2.24, 2.45) is 0 Å². The van der Waals surface area contributed by atoms with Crippen LogP contribution in [-0.2, 0) is 11.3 Å². The second kappa shape index (κ2) is 6.95. The predicted molar refractivity (Wildman–Crippen MR) is 86.3 cm³/mol. The molecule has 0 bridgehead atoms. The van der Waals surface area contributed by atoms with E-state index in [0.29, 0.717) is 13.1 Å². The summed E-state index contributed by atoms with van der Waals surface area (Å²) in [6.07, 6.45) is 1.36. The molecule has 2 heterocycles. The highest BCUT2D eigenvalue weighted by Crippen LogP contribution is 2.19. The summed E-state index contributed by atoms with van der Waals surface area (Å²) in [5.41, 5.74) is 1.87. The maximum atomic E-state index is 12.2. The average Bonchev–Trinajstić information content (AvgIpc) is 3.08. The zero-order valence-electron chi connectivity index (χ0n) is 13.1. The summed E-state index contributed by atoms with van der Waals surface area (Å²) in [4.78, 5) is 23.2. The monoisotopic (exact) mass is 383 g/mol. The van der Waals surface area contributed by atoms with Crippen LogP contribution in [0, 0.1) is 13.8 Å². The van der Waals surface area contributed by atoms with Crippen molar-refractivity contribution in [3.8, 4) is 0 Å². The highest BCUT2D eigenvalue weighted by atomic mass is 79.9. The van der Waals surface area contributed by atoms with Crippen LogP contribution in [0.4, 0.5) is 0 Å². The van der Waals surface area contributed by atoms with Gasteiger partial charge < -0.3 is 10.4 Å². The molecule has 0 aliphatic carbocycles. The van der Waals surface area contributed by atoms with Gasteiger partial charge in [-0.05, 0) is 42.8 Å². The van der Waals surface area contributed by atoms with Crippen molar-refractivity contribution in [1.82, 2.24) is 24.9 Å². The Balaban J connectivity index is 1.95. The Kier molecular flexibility index (Phi) is 5.19. The number of aromatic carboxylic acids is 1. The minimum Gasteiger partial charge on any atom is -0.477 e.